The van der Waals surface area contributed by atoms with E-state index < -0.39 is 0 Å². The summed E-state index contributed by atoms with van der Waals surface area (Å²) >= 11 is 0. The maximum absolute atomic E-state index is 12.3. The Hall–Kier alpha value is -0.610. The molecule has 0 aromatic rings. The highest BCUT2D eigenvalue weighted by molar-refractivity contribution is 5.84. The number of amides is 1. The normalized spacial score (nSPS) is 28.1. The van der Waals surface area contributed by atoms with Crippen LogP contribution >= 0.6 is 0 Å². The lowest BCUT2D eigenvalue weighted by Crippen LogP contribution is -2.45. The Morgan fingerprint density at radius 3 is 2.44 bits per heavy atom. The van der Waals surface area contributed by atoms with Gasteiger partial charge >= 0.3 is 0 Å². The van der Waals surface area contributed by atoms with Crippen molar-refractivity contribution < 1.29 is 4.79 Å². The van der Waals surface area contributed by atoms with Gasteiger partial charge in [0.15, 0.2) is 0 Å². The Labute approximate surface area is 111 Å². The van der Waals surface area contributed by atoms with Crippen molar-refractivity contribution in [3.8, 4) is 0 Å². The molecular formula is C14H27N3O. The first-order valence-corrected chi connectivity index (χ1v) is 7.36. The van der Waals surface area contributed by atoms with Crippen LogP contribution in [0.25, 0.3) is 0 Å². The van der Waals surface area contributed by atoms with Crippen molar-refractivity contribution in [2.75, 3.05) is 26.3 Å². The van der Waals surface area contributed by atoms with Gasteiger partial charge in [-0.1, -0.05) is 20.3 Å². The number of hydrogen-bond donors (Lipinski definition) is 1. The minimum atomic E-state index is 0.0220. The fourth-order valence-corrected chi connectivity index (χ4v) is 3.05. The average Bonchev–Trinajstić information content (AvgIpc) is 2.72. The molecule has 2 rings (SSSR count). The predicted molar refractivity (Wildman–Crippen MR) is 73.2 cm³/mol. The minimum absolute atomic E-state index is 0.0220. The molecule has 2 aliphatic rings. The van der Waals surface area contributed by atoms with Crippen molar-refractivity contribution in [1.82, 2.24) is 15.1 Å². The van der Waals surface area contributed by atoms with Crippen LogP contribution in [0.1, 0.15) is 40.0 Å². The minimum Gasteiger partial charge on any atom is -0.325 e. The highest BCUT2D eigenvalue weighted by atomic mass is 16.2. The second-order valence-electron chi connectivity index (χ2n) is 6.10. The van der Waals surface area contributed by atoms with Crippen LogP contribution < -0.4 is 5.32 Å². The maximum Gasteiger partial charge on any atom is 0.241 e. The molecule has 0 aliphatic carbocycles. The van der Waals surface area contributed by atoms with Gasteiger partial charge in [0.05, 0.1) is 12.7 Å². The lowest BCUT2D eigenvalue weighted by molar-refractivity contribution is -0.131. The standard InChI is InChI=1S/C14H27N3O/c1-11(2)13-14(18)17(10-15-13)12(3)9-16-7-5-4-6-8-16/h11-13,15H,4-10H2,1-3H3. The van der Waals surface area contributed by atoms with Gasteiger partial charge < -0.3 is 9.80 Å². The summed E-state index contributed by atoms with van der Waals surface area (Å²) in [6, 6.07) is 0.348. The number of carbonyl (C=O) groups excluding carboxylic acids is 1. The van der Waals surface area contributed by atoms with E-state index in [9.17, 15) is 4.79 Å². The molecule has 0 bridgehead atoms. The average molecular weight is 253 g/mol. The van der Waals surface area contributed by atoms with Crippen molar-refractivity contribution >= 4 is 5.91 Å². The zero-order chi connectivity index (χ0) is 13.1. The van der Waals surface area contributed by atoms with Crippen LogP contribution in [0.5, 0.6) is 0 Å². The third-order valence-electron chi connectivity index (χ3n) is 4.20. The Morgan fingerprint density at radius 2 is 1.89 bits per heavy atom. The quantitative estimate of drug-likeness (QED) is 0.819. The number of hydrogen-bond acceptors (Lipinski definition) is 3. The van der Waals surface area contributed by atoms with E-state index in [0.717, 1.165) is 13.2 Å². The van der Waals surface area contributed by atoms with Gasteiger partial charge in [-0.05, 0) is 38.8 Å². The molecule has 2 saturated heterocycles. The largest absolute Gasteiger partial charge is 0.325 e. The number of carbonyl (C=O) groups is 1. The molecule has 2 atom stereocenters. The van der Waals surface area contributed by atoms with E-state index in [1.807, 2.05) is 4.90 Å². The van der Waals surface area contributed by atoms with E-state index in [4.69, 9.17) is 0 Å². The fraction of sp³-hybridized carbons (Fsp3) is 0.929. The van der Waals surface area contributed by atoms with E-state index in [1.54, 1.807) is 0 Å². The molecule has 2 unspecified atom stereocenters. The van der Waals surface area contributed by atoms with Gasteiger partial charge in [0.1, 0.15) is 0 Å². The third-order valence-corrected chi connectivity index (χ3v) is 4.20. The van der Waals surface area contributed by atoms with Gasteiger partial charge in [-0.2, -0.15) is 0 Å². The highest BCUT2D eigenvalue weighted by Gasteiger charge is 2.35. The summed E-state index contributed by atoms with van der Waals surface area (Å²) in [5, 5.41) is 3.33. The highest BCUT2D eigenvalue weighted by Crippen LogP contribution is 2.16. The van der Waals surface area contributed by atoms with E-state index >= 15 is 0 Å². The van der Waals surface area contributed by atoms with Crippen molar-refractivity contribution in [3.63, 3.8) is 0 Å². The maximum atomic E-state index is 12.3. The number of nitrogens with zero attached hydrogens (tertiary/aromatic N) is 2. The molecule has 104 valence electrons. The third kappa shape index (κ3) is 3.04. The second kappa shape index (κ2) is 6.02. The Bertz CT molecular complexity index is 287. The monoisotopic (exact) mass is 253 g/mol. The topological polar surface area (TPSA) is 35.6 Å². The summed E-state index contributed by atoms with van der Waals surface area (Å²) in [7, 11) is 0. The molecule has 2 heterocycles. The molecule has 0 aromatic carbocycles. The summed E-state index contributed by atoms with van der Waals surface area (Å²) in [6.45, 7) is 10.5. The van der Waals surface area contributed by atoms with Crippen molar-refractivity contribution in [3.05, 3.63) is 0 Å². The number of likely N-dealkylation sites (tertiary alicyclic amines) is 1. The second-order valence-corrected chi connectivity index (χ2v) is 6.10. The summed E-state index contributed by atoms with van der Waals surface area (Å²) in [6.07, 6.45) is 3.99. The Balaban J connectivity index is 1.85. The summed E-state index contributed by atoms with van der Waals surface area (Å²) in [4.78, 5) is 16.8. The molecule has 0 aromatic heterocycles. The molecule has 0 radical (unpaired) electrons. The zero-order valence-corrected chi connectivity index (χ0v) is 12.0. The first kappa shape index (κ1) is 13.8. The van der Waals surface area contributed by atoms with E-state index in [0.29, 0.717) is 12.0 Å². The smallest absolute Gasteiger partial charge is 0.241 e. The molecule has 4 heteroatoms. The molecule has 0 saturated carbocycles. The molecule has 18 heavy (non-hydrogen) atoms. The Morgan fingerprint density at radius 1 is 1.22 bits per heavy atom. The van der Waals surface area contributed by atoms with Crippen LogP contribution in [0.4, 0.5) is 0 Å². The van der Waals surface area contributed by atoms with Crippen molar-refractivity contribution in [2.45, 2.75) is 52.1 Å². The van der Waals surface area contributed by atoms with E-state index in [-0.39, 0.29) is 11.9 Å². The van der Waals surface area contributed by atoms with Crippen molar-refractivity contribution in [1.29, 1.82) is 0 Å². The van der Waals surface area contributed by atoms with Crippen LogP contribution in [0.2, 0.25) is 0 Å². The van der Waals surface area contributed by atoms with Crippen LogP contribution in [0.3, 0.4) is 0 Å². The molecule has 2 aliphatic heterocycles. The number of piperidine rings is 1. The van der Waals surface area contributed by atoms with Crippen LogP contribution in [-0.2, 0) is 4.79 Å². The van der Waals surface area contributed by atoms with Crippen LogP contribution in [0, 0.1) is 5.92 Å². The molecular weight excluding hydrogens is 226 g/mol. The van der Waals surface area contributed by atoms with Crippen LogP contribution in [-0.4, -0.2) is 54.1 Å². The molecule has 0 spiro atoms. The molecule has 1 N–H and O–H groups in total. The summed E-state index contributed by atoms with van der Waals surface area (Å²) < 4.78 is 0. The zero-order valence-electron chi connectivity index (χ0n) is 12.0. The number of rotatable bonds is 4. The van der Waals surface area contributed by atoms with Gasteiger partial charge in [0, 0.05) is 12.6 Å². The van der Waals surface area contributed by atoms with Gasteiger partial charge in [-0.3, -0.25) is 10.1 Å². The van der Waals surface area contributed by atoms with Gasteiger partial charge in [-0.15, -0.1) is 0 Å². The van der Waals surface area contributed by atoms with Gasteiger partial charge in [0.25, 0.3) is 0 Å². The number of nitrogens with one attached hydrogen (secondary N) is 1. The SMILES string of the molecule is CC(C)C1NCN(C(C)CN2CCCCC2)C1=O. The summed E-state index contributed by atoms with van der Waals surface area (Å²) in [5.74, 6) is 0.666. The Kier molecular flexibility index (Phi) is 4.62. The van der Waals surface area contributed by atoms with E-state index in [1.165, 1.54) is 32.4 Å². The van der Waals surface area contributed by atoms with E-state index in [2.05, 4.69) is 31.0 Å². The lowest BCUT2D eigenvalue weighted by Gasteiger charge is -2.32. The molecule has 4 nitrogen and oxygen atoms in total. The first-order valence-electron chi connectivity index (χ1n) is 7.36. The predicted octanol–water partition coefficient (Wildman–Crippen LogP) is 1.27. The summed E-state index contributed by atoms with van der Waals surface area (Å²) in [5.41, 5.74) is 0. The molecule has 1 amide bonds. The fourth-order valence-electron chi connectivity index (χ4n) is 3.05. The van der Waals surface area contributed by atoms with Gasteiger partial charge in [-0.25, -0.2) is 0 Å². The first-order chi connectivity index (χ1) is 8.59. The van der Waals surface area contributed by atoms with Gasteiger partial charge in [0.2, 0.25) is 5.91 Å². The molecule has 2 fully saturated rings. The lowest BCUT2D eigenvalue weighted by atomic mass is 10.0. The van der Waals surface area contributed by atoms with Crippen molar-refractivity contribution in [2.24, 2.45) is 5.92 Å². The van der Waals surface area contributed by atoms with Crippen LogP contribution in [0.15, 0.2) is 0 Å².